The van der Waals surface area contributed by atoms with Gasteiger partial charge >= 0.3 is 0 Å². The number of rotatable bonds is 6. The molecule has 3 rings (SSSR count). The Bertz CT molecular complexity index is 951. The van der Waals surface area contributed by atoms with Gasteiger partial charge in [-0.2, -0.15) is 0 Å². The number of carbonyl (C=O) groups is 2. The van der Waals surface area contributed by atoms with Gasteiger partial charge in [-0.15, -0.1) is 0 Å². The lowest BCUT2D eigenvalue weighted by Crippen LogP contribution is -2.14. The van der Waals surface area contributed by atoms with Crippen molar-refractivity contribution in [3.05, 3.63) is 76.7 Å². The van der Waals surface area contributed by atoms with E-state index in [1.54, 1.807) is 55.6 Å². The second-order valence-corrected chi connectivity index (χ2v) is 6.49. The van der Waals surface area contributed by atoms with E-state index >= 15 is 0 Å². The number of methoxy groups -OCH3 is 1. The van der Waals surface area contributed by atoms with Gasteiger partial charge in [0.25, 0.3) is 5.91 Å². The van der Waals surface area contributed by atoms with Gasteiger partial charge in [0.1, 0.15) is 5.75 Å². The van der Waals surface area contributed by atoms with Crippen molar-refractivity contribution in [3.63, 3.8) is 0 Å². The smallest absolute Gasteiger partial charge is 0.291 e. The average Bonchev–Trinajstić information content (AvgIpc) is 3.10. The van der Waals surface area contributed by atoms with Gasteiger partial charge in [-0.25, -0.2) is 0 Å². The molecular formula is C20H17BrN2O4. The Kier molecular flexibility index (Phi) is 5.93. The summed E-state index contributed by atoms with van der Waals surface area (Å²) >= 11 is 3.16. The first kappa shape index (κ1) is 18.7. The lowest BCUT2D eigenvalue weighted by molar-refractivity contribution is -0.115. The van der Waals surface area contributed by atoms with Crippen LogP contribution in [0.15, 0.2) is 69.8 Å². The van der Waals surface area contributed by atoms with Crippen molar-refractivity contribution in [1.82, 2.24) is 0 Å². The number of furan rings is 1. The summed E-state index contributed by atoms with van der Waals surface area (Å²) in [6.07, 6.45) is 0.219. The Hall–Kier alpha value is -3.06. The predicted molar refractivity (Wildman–Crippen MR) is 106 cm³/mol. The molecule has 0 atom stereocenters. The van der Waals surface area contributed by atoms with Crippen molar-refractivity contribution in [2.45, 2.75) is 6.42 Å². The normalized spacial score (nSPS) is 10.3. The molecule has 0 saturated heterocycles. The standard InChI is InChI=1S/C20H17BrN2O4/c1-26-16-4-2-3-15(12-16)22-19(24)11-13-5-7-14(8-6-13)23-20(25)17-9-10-18(21)27-17/h2-10,12H,11H2,1H3,(H,22,24)(H,23,25). The molecule has 27 heavy (non-hydrogen) atoms. The number of anilines is 2. The van der Waals surface area contributed by atoms with Gasteiger partial charge in [0.05, 0.1) is 13.5 Å². The molecule has 0 fully saturated rings. The second-order valence-electron chi connectivity index (χ2n) is 5.71. The van der Waals surface area contributed by atoms with Gasteiger partial charge in [-0.3, -0.25) is 9.59 Å². The van der Waals surface area contributed by atoms with Crippen molar-refractivity contribution in [1.29, 1.82) is 0 Å². The van der Waals surface area contributed by atoms with Crippen LogP contribution in [0.25, 0.3) is 0 Å². The summed E-state index contributed by atoms with van der Waals surface area (Å²) in [5.41, 5.74) is 2.12. The third-order valence-electron chi connectivity index (χ3n) is 3.73. The molecule has 2 amide bonds. The number of benzene rings is 2. The fourth-order valence-electron chi connectivity index (χ4n) is 2.43. The lowest BCUT2D eigenvalue weighted by Gasteiger charge is -2.08. The van der Waals surface area contributed by atoms with Crippen molar-refractivity contribution in [2.75, 3.05) is 17.7 Å². The van der Waals surface area contributed by atoms with Crippen LogP contribution in [0.3, 0.4) is 0 Å². The molecule has 1 heterocycles. The Labute approximate surface area is 164 Å². The van der Waals surface area contributed by atoms with Crippen LogP contribution in [0.5, 0.6) is 5.75 Å². The topological polar surface area (TPSA) is 80.6 Å². The van der Waals surface area contributed by atoms with Crippen LogP contribution < -0.4 is 15.4 Å². The van der Waals surface area contributed by atoms with E-state index in [2.05, 4.69) is 26.6 Å². The minimum Gasteiger partial charge on any atom is -0.497 e. The van der Waals surface area contributed by atoms with E-state index in [0.717, 1.165) is 5.56 Å². The fraction of sp³-hybridized carbons (Fsp3) is 0.100. The molecule has 0 aliphatic heterocycles. The summed E-state index contributed by atoms with van der Waals surface area (Å²) in [7, 11) is 1.58. The third-order valence-corrected chi connectivity index (χ3v) is 4.15. The summed E-state index contributed by atoms with van der Waals surface area (Å²) in [6.45, 7) is 0. The maximum absolute atomic E-state index is 12.2. The van der Waals surface area contributed by atoms with E-state index < -0.39 is 0 Å². The molecule has 0 unspecified atom stereocenters. The minimum atomic E-state index is -0.343. The van der Waals surface area contributed by atoms with E-state index in [4.69, 9.17) is 9.15 Å². The molecule has 0 aliphatic carbocycles. The molecule has 3 aromatic rings. The number of hydrogen-bond acceptors (Lipinski definition) is 4. The first-order valence-corrected chi connectivity index (χ1v) is 8.92. The Balaban J connectivity index is 1.56. The minimum absolute atomic E-state index is 0.138. The van der Waals surface area contributed by atoms with Gasteiger partial charge in [0, 0.05) is 17.4 Å². The lowest BCUT2D eigenvalue weighted by atomic mass is 10.1. The molecule has 2 aromatic carbocycles. The van der Waals surface area contributed by atoms with Crippen molar-refractivity contribution < 1.29 is 18.7 Å². The molecule has 2 N–H and O–H groups in total. The van der Waals surface area contributed by atoms with Gasteiger partial charge in [-0.1, -0.05) is 18.2 Å². The number of carbonyl (C=O) groups excluding carboxylic acids is 2. The zero-order chi connectivity index (χ0) is 19.2. The van der Waals surface area contributed by atoms with Crippen LogP contribution in [0.1, 0.15) is 16.1 Å². The van der Waals surface area contributed by atoms with Gasteiger partial charge in [-0.05, 0) is 57.9 Å². The fourth-order valence-corrected chi connectivity index (χ4v) is 2.73. The molecule has 138 valence electrons. The molecule has 0 bridgehead atoms. The highest BCUT2D eigenvalue weighted by Gasteiger charge is 2.11. The third kappa shape index (κ3) is 5.21. The summed E-state index contributed by atoms with van der Waals surface area (Å²) < 4.78 is 10.8. The number of nitrogens with one attached hydrogen (secondary N) is 2. The van der Waals surface area contributed by atoms with Crippen LogP contribution in [0.4, 0.5) is 11.4 Å². The van der Waals surface area contributed by atoms with Gasteiger partial charge < -0.3 is 19.8 Å². The Morgan fingerprint density at radius 2 is 1.78 bits per heavy atom. The Morgan fingerprint density at radius 3 is 2.44 bits per heavy atom. The van der Waals surface area contributed by atoms with E-state index in [1.807, 2.05) is 12.1 Å². The summed E-state index contributed by atoms with van der Waals surface area (Å²) in [5.74, 6) is 0.407. The number of hydrogen-bond donors (Lipinski definition) is 2. The zero-order valence-corrected chi connectivity index (χ0v) is 16.1. The second kappa shape index (κ2) is 8.55. The molecular weight excluding hydrogens is 412 g/mol. The highest BCUT2D eigenvalue weighted by atomic mass is 79.9. The molecule has 1 aromatic heterocycles. The SMILES string of the molecule is COc1cccc(NC(=O)Cc2ccc(NC(=O)c3ccc(Br)o3)cc2)c1. The predicted octanol–water partition coefficient (Wildman–Crippen LogP) is 4.48. The Morgan fingerprint density at radius 1 is 1.00 bits per heavy atom. The van der Waals surface area contributed by atoms with Gasteiger partial charge in [0.2, 0.25) is 5.91 Å². The summed E-state index contributed by atoms with van der Waals surface area (Å²) in [5, 5.41) is 5.57. The van der Waals surface area contributed by atoms with E-state index in [0.29, 0.717) is 21.8 Å². The number of halogens is 1. The highest BCUT2D eigenvalue weighted by molar-refractivity contribution is 9.10. The molecule has 0 saturated carbocycles. The van der Waals surface area contributed by atoms with Crippen LogP contribution >= 0.6 is 15.9 Å². The van der Waals surface area contributed by atoms with Crippen molar-refractivity contribution in [3.8, 4) is 5.75 Å². The van der Waals surface area contributed by atoms with E-state index in [1.165, 1.54) is 0 Å². The van der Waals surface area contributed by atoms with E-state index in [9.17, 15) is 9.59 Å². The maximum Gasteiger partial charge on any atom is 0.291 e. The highest BCUT2D eigenvalue weighted by Crippen LogP contribution is 2.18. The van der Waals surface area contributed by atoms with Crippen LogP contribution in [0.2, 0.25) is 0 Å². The van der Waals surface area contributed by atoms with E-state index in [-0.39, 0.29) is 24.0 Å². The van der Waals surface area contributed by atoms with Crippen molar-refractivity contribution in [2.24, 2.45) is 0 Å². The van der Waals surface area contributed by atoms with Crippen LogP contribution in [-0.2, 0) is 11.2 Å². The molecule has 0 spiro atoms. The maximum atomic E-state index is 12.2. The quantitative estimate of drug-likeness (QED) is 0.606. The summed E-state index contributed by atoms with van der Waals surface area (Å²) in [6, 6.07) is 17.5. The first-order chi connectivity index (χ1) is 13.0. The molecule has 6 nitrogen and oxygen atoms in total. The molecule has 7 heteroatoms. The molecule has 0 aliphatic rings. The zero-order valence-electron chi connectivity index (χ0n) is 14.5. The summed E-state index contributed by atoms with van der Waals surface area (Å²) in [4.78, 5) is 24.2. The monoisotopic (exact) mass is 428 g/mol. The number of amides is 2. The molecule has 0 radical (unpaired) electrons. The van der Waals surface area contributed by atoms with Gasteiger partial charge in [0.15, 0.2) is 10.4 Å². The average molecular weight is 429 g/mol. The first-order valence-electron chi connectivity index (χ1n) is 8.13. The van der Waals surface area contributed by atoms with Crippen molar-refractivity contribution >= 4 is 39.1 Å². The van der Waals surface area contributed by atoms with Crippen LogP contribution in [0, 0.1) is 0 Å². The van der Waals surface area contributed by atoms with Crippen LogP contribution in [-0.4, -0.2) is 18.9 Å². The number of ether oxygens (including phenoxy) is 1. The largest absolute Gasteiger partial charge is 0.497 e.